The van der Waals surface area contributed by atoms with Crippen LogP contribution in [-0.4, -0.2) is 32.9 Å². The maximum atomic E-state index is 11.9. The van der Waals surface area contributed by atoms with Crippen molar-refractivity contribution < 1.29 is 4.79 Å². The summed E-state index contributed by atoms with van der Waals surface area (Å²) in [5.74, 6) is 1.15. The highest BCUT2D eigenvalue weighted by molar-refractivity contribution is 7.99. The summed E-state index contributed by atoms with van der Waals surface area (Å²) in [4.78, 5) is 11.9. The van der Waals surface area contributed by atoms with Gasteiger partial charge < -0.3 is 10.6 Å². The number of nitrogens with one attached hydrogen (secondary N) is 2. The maximum Gasteiger partial charge on any atom is 0.319 e. The number of urea groups is 1. The number of hydrogen-bond acceptors (Lipinski definition) is 3. The number of nitrogens with zero attached hydrogens (tertiary/aromatic N) is 2. The molecule has 0 spiro atoms. The van der Waals surface area contributed by atoms with Gasteiger partial charge in [0, 0.05) is 24.5 Å². The van der Waals surface area contributed by atoms with E-state index in [4.69, 9.17) is 0 Å². The molecule has 1 saturated carbocycles. The minimum atomic E-state index is -0.125. The highest BCUT2D eigenvalue weighted by Crippen LogP contribution is 2.28. The van der Waals surface area contributed by atoms with E-state index in [0.717, 1.165) is 24.3 Å². The normalized spacial score (nSPS) is 23.1. The van der Waals surface area contributed by atoms with Crippen LogP contribution in [0, 0.1) is 0 Å². The van der Waals surface area contributed by atoms with Gasteiger partial charge in [-0.15, -0.1) is 0 Å². The lowest BCUT2D eigenvalue weighted by Crippen LogP contribution is -2.41. The Morgan fingerprint density at radius 3 is 3.11 bits per heavy atom. The molecular weight excluding hydrogens is 260 g/mol. The third kappa shape index (κ3) is 4.45. The van der Waals surface area contributed by atoms with Crippen LogP contribution < -0.4 is 10.6 Å². The predicted octanol–water partition coefficient (Wildman–Crippen LogP) is 2.61. The molecule has 1 aromatic rings. The monoisotopic (exact) mass is 282 g/mol. The fourth-order valence-electron chi connectivity index (χ4n) is 2.50. The molecule has 0 saturated heterocycles. The Hall–Kier alpha value is -1.17. The number of aromatic nitrogens is 2. The molecule has 1 aliphatic carbocycles. The second-order valence-corrected chi connectivity index (χ2v) is 6.52. The highest BCUT2D eigenvalue weighted by Gasteiger charge is 2.23. The molecule has 6 heteroatoms. The zero-order valence-electron chi connectivity index (χ0n) is 11.6. The second-order valence-electron chi connectivity index (χ2n) is 4.94. The minimum absolute atomic E-state index is 0.125. The largest absolute Gasteiger partial charge is 0.335 e. The van der Waals surface area contributed by atoms with Crippen LogP contribution in [-0.2, 0) is 7.05 Å². The van der Waals surface area contributed by atoms with Gasteiger partial charge in [0.2, 0.25) is 0 Å². The third-order valence-corrected chi connectivity index (χ3v) is 4.56. The van der Waals surface area contributed by atoms with Gasteiger partial charge >= 0.3 is 6.03 Å². The summed E-state index contributed by atoms with van der Waals surface area (Å²) >= 11 is 2.01. The summed E-state index contributed by atoms with van der Waals surface area (Å²) < 4.78 is 1.67. The van der Waals surface area contributed by atoms with Crippen molar-refractivity contribution in [1.82, 2.24) is 15.1 Å². The van der Waals surface area contributed by atoms with Crippen LogP contribution in [0.25, 0.3) is 0 Å². The van der Waals surface area contributed by atoms with Crippen LogP contribution >= 0.6 is 11.8 Å². The Morgan fingerprint density at radius 2 is 2.42 bits per heavy atom. The van der Waals surface area contributed by atoms with Crippen molar-refractivity contribution >= 4 is 23.5 Å². The average Bonchev–Trinajstić information content (AvgIpc) is 2.75. The van der Waals surface area contributed by atoms with E-state index >= 15 is 0 Å². The first-order chi connectivity index (χ1) is 9.17. The van der Waals surface area contributed by atoms with Gasteiger partial charge in [-0.3, -0.25) is 4.68 Å². The molecule has 106 valence electrons. The Morgan fingerprint density at radius 1 is 1.58 bits per heavy atom. The van der Waals surface area contributed by atoms with Crippen LogP contribution in [0.4, 0.5) is 10.5 Å². The summed E-state index contributed by atoms with van der Waals surface area (Å²) in [7, 11) is 1.83. The SMILES string of the molecule is CCS[C@H]1CCC[C@@H](NC(=O)Nc2cnn(C)c2)C1. The number of hydrogen-bond donors (Lipinski definition) is 2. The van der Waals surface area contributed by atoms with Crippen LogP contribution in [0.1, 0.15) is 32.6 Å². The number of carbonyl (C=O) groups is 1. The predicted molar refractivity (Wildman–Crippen MR) is 79.5 cm³/mol. The Balaban J connectivity index is 1.78. The second kappa shape index (κ2) is 6.84. The fraction of sp³-hybridized carbons (Fsp3) is 0.692. The first-order valence-corrected chi connectivity index (χ1v) is 7.90. The zero-order valence-corrected chi connectivity index (χ0v) is 12.4. The van der Waals surface area contributed by atoms with Crippen LogP contribution in [0.15, 0.2) is 12.4 Å². The number of aryl methyl sites for hydroxylation is 1. The zero-order chi connectivity index (χ0) is 13.7. The molecular formula is C13H22N4OS. The van der Waals surface area contributed by atoms with E-state index in [-0.39, 0.29) is 6.03 Å². The lowest BCUT2D eigenvalue weighted by atomic mass is 9.95. The van der Waals surface area contributed by atoms with Gasteiger partial charge in [0.25, 0.3) is 0 Å². The molecule has 2 N–H and O–H groups in total. The van der Waals surface area contributed by atoms with E-state index in [1.54, 1.807) is 17.1 Å². The van der Waals surface area contributed by atoms with Crippen LogP contribution in [0.5, 0.6) is 0 Å². The van der Waals surface area contributed by atoms with Gasteiger partial charge in [0.15, 0.2) is 0 Å². The molecule has 0 unspecified atom stereocenters. The number of carbonyl (C=O) groups excluding carboxylic acids is 1. The van der Waals surface area contributed by atoms with E-state index in [1.165, 1.54) is 12.8 Å². The number of amides is 2. The number of thioether (sulfide) groups is 1. The highest BCUT2D eigenvalue weighted by atomic mass is 32.2. The maximum absolute atomic E-state index is 11.9. The van der Waals surface area contributed by atoms with Crippen molar-refractivity contribution in [2.75, 3.05) is 11.1 Å². The van der Waals surface area contributed by atoms with E-state index in [9.17, 15) is 4.79 Å². The summed E-state index contributed by atoms with van der Waals surface area (Å²) in [6.07, 6.45) is 8.09. The van der Waals surface area contributed by atoms with Crippen molar-refractivity contribution in [2.24, 2.45) is 7.05 Å². The van der Waals surface area contributed by atoms with Gasteiger partial charge in [-0.1, -0.05) is 13.3 Å². The molecule has 2 rings (SSSR count). The molecule has 0 radical (unpaired) electrons. The van der Waals surface area contributed by atoms with E-state index < -0.39 is 0 Å². The van der Waals surface area contributed by atoms with Gasteiger partial charge in [-0.05, 0) is 25.0 Å². The lowest BCUT2D eigenvalue weighted by molar-refractivity contribution is 0.244. The third-order valence-electron chi connectivity index (χ3n) is 3.33. The molecule has 19 heavy (non-hydrogen) atoms. The van der Waals surface area contributed by atoms with Crippen molar-refractivity contribution in [1.29, 1.82) is 0 Å². The fourth-order valence-corrected chi connectivity index (χ4v) is 3.67. The van der Waals surface area contributed by atoms with Crippen molar-refractivity contribution in [3.8, 4) is 0 Å². The number of rotatable bonds is 4. The lowest BCUT2D eigenvalue weighted by Gasteiger charge is -2.29. The molecule has 2 amide bonds. The van der Waals surface area contributed by atoms with E-state index in [2.05, 4.69) is 22.7 Å². The molecule has 1 aliphatic rings. The van der Waals surface area contributed by atoms with E-state index in [0.29, 0.717) is 11.3 Å². The first kappa shape index (κ1) is 14.2. The number of anilines is 1. The van der Waals surface area contributed by atoms with Gasteiger partial charge in [0.1, 0.15) is 0 Å². The summed E-state index contributed by atoms with van der Waals surface area (Å²) in [6, 6.07) is 0.176. The molecule has 1 heterocycles. The molecule has 2 atom stereocenters. The summed E-state index contributed by atoms with van der Waals surface area (Å²) in [5.41, 5.74) is 0.732. The molecule has 1 fully saturated rings. The van der Waals surface area contributed by atoms with Crippen molar-refractivity contribution in [3.63, 3.8) is 0 Å². The average molecular weight is 282 g/mol. The van der Waals surface area contributed by atoms with Crippen molar-refractivity contribution in [3.05, 3.63) is 12.4 Å². The minimum Gasteiger partial charge on any atom is -0.335 e. The molecule has 0 aromatic carbocycles. The van der Waals surface area contributed by atoms with Gasteiger partial charge in [-0.25, -0.2) is 4.79 Å². The smallest absolute Gasteiger partial charge is 0.319 e. The molecule has 0 bridgehead atoms. The van der Waals surface area contributed by atoms with E-state index in [1.807, 2.05) is 18.8 Å². The van der Waals surface area contributed by atoms with Crippen LogP contribution in [0.2, 0.25) is 0 Å². The first-order valence-electron chi connectivity index (χ1n) is 6.85. The van der Waals surface area contributed by atoms with Gasteiger partial charge in [-0.2, -0.15) is 16.9 Å². The summed E-state index contributed by atoms with van der Waals surface area (Å²) in [6.45, 7) is 2.19. The standard InChI is InChI=1S/C13H22N4OS/c1-3-19-12-6-4-5-10(7-12)15-13(18)16-11-8-14-17(2)9-11/h8-10,12H,3-7H2,1-2H3,(H2,15,16,18)/t10-,12+/m1/s1. The molecule has 5 nitrogen and oxygen atoms in total. The van der Waals surface area contributed by atoms with Crippen LogP contribution in [0.3, 0.4) is 0 Å². The Labute approximate surface area is 118 Å². The Kier molecular flexibility index (Phi) is 5.13. The molecule has 0 aliphatic heterocycles. The topological polar surface area (TPSA) is 59.0 Å². The van der Waals surface area contributed by atoms with Gasteiger partial charge in [0.05, 0.1) is 11.9 Å². The molecule has 1 aromatic heterocycles. The summed E-state index contributed by atoms with van der Waals surface area (Å²) in [5, 5.41) is 10.6. The van der Waals surface area contributed by atoms with Crippen molar-refractivity contribution in [2.45, 2.75) is 43.9 Å². The Bertz CT molecular complexity index is 419. The quantitative estimate of drug-likeness (QED) is 0.892.